The van der Waals surface area contributed by atoms with Crippen molar-refractivity contribution in [3.8, 4) is 0 Å². The number of rotatable bonds is 7. The molecule has 0 aliphatic rings. The summed E-state index contributed by atoms with van der Waals surface area (Å²) in [5.41, 5.74) is 1.23. The largest absolute Gasteiger partial charge is 0.462 e. The van der Waals surface area contributed by atoms with Crippen LogP contribution in [0.1, 0.15) is 17.3 Å². The van der Waals surface area contributed by atoms with Gasteiger partial charge in [0, 0.05) is 15.8 Å². The van der Waals surface area contributed by atoms with Gasteiger partial charge in [-0.05, 0) is 49.4 Å². The van der Waals surface area contributed by atoms with Crippen LogP contribution in [0.25, 0.3) is 0 Å². The number of aromatic nitrogens is 2. The minimum atomic E-state index is -0.560. The molecule has 0 bridgehead atoms. The predicted octanol–water partition coefficient (Wildman–Crippen LogP) is 4.81. The smallest absolute Gasteiger partial charge is 0.353 e. The third kappa shape index (κ3) is 5.05. The maximum atomic E-state index is 11.7. The molecule has 1 heterocycles. The van der Waals surface area contributed by atoms with Gasteiger partial charge in [0.2, 0.25) is 11.6 Å². The SMILES string of the molecule is CCOC(=O)c1ccc(Nc2ncnc(Nc3cccc(Br)c3)c2[N+](=O)[O-])cc1. The van der Waals surface area contributed by atoms with E-state index in [1.54, 1.807) is 49.4 Å². The summed E-state index contributed by atoms with van der Waals surface area (Å²) >= 11 is 3.36. The molecule has 0 fully saturated rings. The average molecular weight is 458 g/mol. The minimum Gasteiger partial charge on any atom is -0.462 e. The van der Waals surface area contributed by atoms with Crippen molar-refractivity contribution in [1.29, 1.82) is 0 Å². The molecule has 3 aromatic rings. The Labute approximate surface area is 174 Å². The highest BCUT2D eigenvalue weighted by molar-refractivity contribution is 9.10. The summed E-state index contributed by atoms with van der Waals surface area (Å²) in [6.45, 7) is 2.00. The number of anilines is 4. The number of hydrogen-bond acceptors (Lipinski definition) is 8. The molecule has 0 saturated heterocycles. The predicted molar refractivity (Wildman–Crippen MR) is 112 cm³/mol. The van der Waals surface area contributed by atoms with Crippen molar-refractivity contribution in [2.24, 2.45) is 0 Å². The van der Waals surface area contributed by atoms with Crippen LogP contribution in [0.5, 0.6) is 0 Å². The second-order valence-corrected chi connectivity index (χ2v) is 6.65. The summed E-state index contributed by atoms with van der Waals surface area (Å²) in [6, 6.07) is 13.5. The van der Waals surface area contributed by atoms with Crippen LogP contribution < -0.4 is 10.6 Å². The van der Waals surface area contributed by atoms with Gasteiger partial charge in [0.25, 0.3) is 0 Å². The number of benzene rings is 2. The van der Waals surface area contributed by atoms with E-state index in [2.05, 4.69) is 36.5 Å². The van der Waals surface area contributed by atoms with Gasteiger partial charge in [-0.2, -0.15) is 0 Å². The van der Waals surface area contributed by atoms with Crippen molar-refractivity contribution in [2.75, 3.05) is 17.2 Å². The second-order valence-electron chi connectivity index (χ2n) is 5.73. The first kappa shape index (κ1) is 20.2. The first-order valence-electron chi connectivity index (χ1n) is 8.54. The zero-order valence-electron chi connectivity index (χ0n) is 15.3. The summed E-state index contributed by atoms with van der Waals surface area (Å²) in [6.07, 6.45) is 1.22. The Morgan fingerprint density at radius 3 is 2.34 bits per heavy atom. The standard InChI is InChI=1S/C19H16BrN5O4/c1-2-29-19(26)12-6-8-14(9-7-12)23-17-16(25(27)28)18(22-11-21-17)24-15-5-3-4-13(20)10-15/h3-11H,2H2,1H3,(H2,21,22,23,24). The van der Waals surface area contributed by atoms with Crippen LogP contribution in [-0.2, 0) is 4.74 Å². The van der Waals surface area contributed by atoms with Gasteiger partial charge in [0.15, 0.2) is 0 Å². The molecule has 0 atom stereocenters. The summed E-state index contributed by atoms with van der Waals surface area (Å²) in [5, 5.41) is 17.5. The molecule has 0 amide bonds. The normalized spacial score (nSPS) is 10.3. The highest BCUT2D eigenvalue weighted by Crippen LogP contribution is 2.33. The van der Waals surface area contributed by atoms with E-state index in [0.29, 0.717) is 16.9 Å². The molecule has 148 valence electrons. The van der Waals surface area contributed by atoms with Crippen molar-refractivity contribution in [3.05, 3.63) is 75.0 Å². The molecule has 3 rings (SSSR count). The van der Waals surface area contributed by atoms with E-state index in [1.165, 1.54) is 6.33 Å². The molecule has 0 aliphatic carbocycles. The highest BCUT2D eigenvalue weighted by Gasteiger charge is 2.23. The van der Waals surface area contributed by atoms with Crippen molar-refractivity contribution >= 4 is 50.6 Å². The van der Waals surface area contributed by atoms with Crippen LogP contribution in [-0.4, -0.2) is 27.5 Å². The van der Waals surface area contributed by atoms with E-state index in [1.807, 2.05) is 6.07 Å². The molecule has 0 aliphatic heterocycles. The Hall–Kier alpha value is -3.53. The van der Waals surface area contributed by atoms with E-state index < -0.39 is 10.9 Å². The van der Waals surface area contributed by atoms with E-state index in [9.17, 15) is 14.9 Å². The molecule has 2 N–H and O–H groups in total. The first-order valence-corrected chi connectivity index (χ1v) is 9.33. The molecular formula is C19H16BrN5O4. The number of nitro groups is 1. The Morgan fingerprint density at radius 1 is 1.10 bits per heavy atom. The van der Waals surface area contributed by atoms with Gasteiger partial charge in [0.1, 0.15) is 6.33 Å². The molecular weight excluding hydrogens is 442 g/mol. The number of carbonyl (C=O) groups is 1. The van der Waals surface area contributed by atoms with E-state index >= 15 is 0 Å². The molecule has 0 unspecified atom stereocenters. The highest BCUT2D eigenvalue weighted by atomic mass is 79.9. The molecule has 1 aromatic heterocycles. The number of esters is 1. The fourth-order valence-electron chi connectivity index (χ4n) is 2.48. The van der Waals surface area contributed by atoms with Crippen LogP contribution in [0, 0.1) is 10.1 Å². The van der Waals surface area contributed by atoms with Gasteiger partial charge < -0.3 is 15.4 Å². The third-order valence-electron chi connectivity index (χ3n) is 3.75. The van der Waals surface area contributed by atoms with Crippen LogP contribution in [0.2, 0.25) is 0 Å². The van der Waals surface area contributed by atoms with Gasteiger partial charge in [-0.1, -0.05) is 22.0 Å². The lowest BCUT2D eigenvalue weighted by molar-refractivity contribution is -0.383. The minimum absolute atomic E-state index is 0.0198. The Kier molecular flexibility index (Phi) is 6.35. The molecule has 29 heavy (non-hydrogen) atoms. The van der Waals surface area contributed by atoms with Crippen molar-refractivity contribution in [3.63, 3.8) is 0 Å². The summed E-state index contributed by atoms with van der Waals surface area (Å²) in [4.78, 5) is 30.9. The zero-order chi connectivity index (χ0) is 20.8. The summed E-state index contributed by atoms with van der Waals surface area (Å²) < 4.78 is 5.76. The lowest BCUT2D eigenvalue weighted by Crippen LogP contribution is -2.06. The number of nitrogens with one attached hydrogen (secondary N) is 2. The number of carbonyl (C=O) groups excluding carboxylic acids is 1. The Bertz CT molecular complexity index is 1040. The number of nitrogens with zero attached hydrogens (tertiary/aromatic N) is 3. The first-order chi connectivity index (χ1) is 14.0. The summed E-state index contributed by atoms with van der Waals surface area (Å²) in [5.74, 6) is -0.368. The molecule has 0 saturated carbocycles. The molecule has 0 radical (unpaired) electrons. The van der Waals surface area contributed by atoms with E-state index in [0.717, 1.165) is 4.47 Å². The number of ether oxygens (including phenoxy) is 1. The number of hydrogen-bond donors (Lipinski definition) is 2. The van der Waals surface area contributed by atoms with Crippen LogP contribution in [0.3, 0.4) is 0 Å². The molecule has 9 nitrogen and oxygen atoms in total. The fourth-order valence-corrected chi connectivity index (χ4v) is 2.88. The zero-order valence-corrected chi connectivity index (χ0v) is 16.8. The van der Waals surface area contributed by atoms with Crippen LogP contribution >= 0.6 is 15.9 Å². The lowest BCUT2D eigenvalue weighted by Gasteiger charge is -2.10. The topological polar surface area (TPSA) is 119 Å². The Balaban J connectivity index is 1.87. The third-order valence-corrected chi connectivity index (χ3v) is 4.24. The van der Waals surface area contributed by atoms with Gasteiger partial charge in [-0.3, -0.25) is 10.1 Å². The maximum Gasteiger partial charge on any atom is 0.353 e. The van der Waals surface area contributed by atoms with E-state index in [-0.39, 0.29) is 23.9 Å². The number of halogens is 1. The van der Waals surface area contributed by atoms with Gasteiger partial charge in [0.05, 0.1) is 17.1 Å². The molecule has 2 aromatic carbocycles. The van der Waals surface area contributed by atoms with Crippen molar-refractivity contribution in [2.45, 2.75) is 6.92 Å². The summed E-state index contributed by atoms with van der Waals surface area (Å²) in [7, 11) is 0. The van der Waals surface area contributed by atoms with Gasteiger partial charge >= 0.3 is 11.7 Å². The van der Waals surface area contributed by atoms with Crippen molar-refractivity contribution in [1.82, 2.24) is 9.97 Å². The Morgan fingerprint density at radius 2 is 1.76 bits per heavy atom. The van der Waals surface area contributed by atoms with Gasteiger partial charge in [-0.25, -0.2) is 14.8 Å². The molecule has 10 heteroatoms. The lowest BCUT2D eigenvalue weighted by atomic mass is 10.2. The fraction of sp³-hybridized carbons (Fsp3) is 0.105. The van der Waals surface area contributed by atoms with Crippen LogP contribution in [0.4, 0.5) is 28.7 Å². The second kappa shape index (κ2) is 9.11. The monoisotopic (exact) mass is 457 g/mol. The van der Waals surface area contributed by atoms with Gasteiger partial charge in [-0.15, -0.1) is 0 Å². The van der Waals surface area contributed by atoms with E-state index in [4.69, 9.17) is 4.74 Å². The maximum absolute atomic E-state index is 11.7. The molecule has 0 spiro atoms. The van der Waals surface area contributed by atoms with Crippen molar-refractivity contribution < 1.29 is 14.5 Å². The van der Waals surface area contributed by atoms with Crippen LogP contribution in [0.15, 0.2) is 59.3 Å². The average Bonchev–Trinajstić information content (AvgIpc) is 2.68. The quantitative estimate of drug-likeness (QED) is 0.294.